The van der Waals surface area contributed by atoms with Crippen LogP contribution in [0.15, 0.2) is 35.5 Å². The third kappa shape index (κ3) is 11.0. The Morgan fingerprint density at radius 3 is 2.58 bits per heavy atom. The van der Waals surface area contributed by atoms with E-state index in [1.807, 2.05) is 0 Å². The molecule has 150 valence electrons. The summed E-state index contributed by atoms with van der Waals surface area (Å²) in [5.41, 5.74) is 3.52. The van der Waals surface area contributed by atoms with E-state index in [-0.39, 0.29) is 0 Å². The highest BCUT2D eigenvalue weighted by Gasteiger charge is 2.10. The van der Waals surface area contributed by atoms with Gasteiger partial charge in [0.15, 0.2) is 0 Å². The molecule has 2 unspecified atom stereocenters. The van der Waals surface area contributed by atoms with Crippen LogP contribution in [0.1, 0.15) is 118 Å². The molecule has 0 aromatic heterocycles. The van der Waals surface area contributed by atoms with Gasteiger partial charge in [-0.15, -0.1) is 0 Å². The summed E-state index contributed by atoms with van der Waals surface area (Å²) < 4.78 is 0. The molecular formula is C26H46. The fourth-order valence-electron chi connectivity index (χ4n) is 4.31. The Kier molecular flexibility index (Phi) is 13.7. The molecule has 0 aromatic rings. The van der Waals surface area contributed by atoms with Gasteiger partial charge in [0, 0.05) is 0 Å². The van der Waals surface area contributed by atoms with Crippen molar-refractivity contribution in [1.82, 2.24) is 0 Å². The molecule has 0 heterocycles. The van der Waals surface area contributed by atoms with E-state index >= 15 is 0 Å². The van der Waals surface area contributed by atoms with Gasteiger partial charge in [0.05, 0.1) is 0 Å². The minimum Gasteiger partial charge on any atom is -0.0914 e. The lowest BCUT2D eigenvalue weighted by Crippen LogP contribution is -2.01. The summed E-state index contributed by atoms with van der Waals surface area (Å²) in [6.07, 6.45) is 28.6. The summed E-state index contributed by atoms with van der Waals surface area (Å²) in [4.78, 5) is 0. The maximum absolute atomic E-state index is 2.49. The van der Waals surface area contributed by atoms with Gasteiger partial charge in [-0.3, -0.25) is 0 Å². The second-order valence-corrected chi connectivity index (χ2v) is 8.60. The van der Waals surface area contributed by atoms with Crippen molar-refractivity contribution < 1.29 is 0 Å². The minimum absolute atomic E-state index is 0.735. The van der Waals surface area contributed by atoms with Gasteiger partial charge in [-0.2, -0.15) is 0 Å². The van der Waals surface area contributed by atoms with E-state index in [2.05, 4.69) is 52.0 Å². The maximum Gasteiger partial charge on any atom is -0.0233 e. The number of allylic oxidation sites excluding steroid dienone is 6. The van der Waals surface area contributed by atoms with Crippen molar-refractivity contribution in [1.29, 1.82) is 0 Å². The van der Waals surface area contributed by atoms with E-state index < -0.39 is 0 Å². The van der Waals surface area contributed by atoms with Crippen LogP contribution in [0.25, 0.3) is 0 Å². The molecule has 26 heavy (non-hydrogen) atoms. The molecule has 0 nitrogen and oxygen atoms in total. The van der Waals surface area contributed by atoms with Crippen molar-refractivity contribution in [3.05, 3.63) is 35.5 Å². The number of hydrogen-bond acceptors (Lipinski definition) is 0. The first kappa shape index (κ1) is 23.3. The summed E-state index contributed by atoms with van der Waals surface area (Å²) >= 11 is 0. The first-order valence-electron chi connectivity index (χ1n) is 11.6. The van der Waals surface area contributed by atoms with Gasteiger partial charge in [0.1, 0.15) is 0 Å². The second kappa shape index (κ2) is 15.3. The zero-order valence-electron chi connectivity index (χ0n) is 18.4. The standard InChI is InChI=1S/C26H46/c1-5-7-8-10-17-24(4)26(21-13-16-23(3)15-6-2)22-14-20-25-18-11-9-12-19-25/h6,11,15,18,23,25H,5,7-10,12-14,16-17,19-22H2,1-4H3/b15-6-,26-24-. The van der Waals surface area contributed by atoms with Crippen LogP contribution >= 0.6 is 0 Å². The topological polar surface area (TPSA) is 0 Å². The van der Waals surface area contributed by atoms with Crippen LogP contribution in [0.5, 0.6) is 0 Å². The predicted octanol–water partition coefficient (Wildman–Crippen LogP) is 9.18. The zero-order chi connectivity index (χ0) is 19.0. The van der Waals surface area contributed by atoms with Crippen LogP contribution in [-0.4, -0.2) is 0 Å². The summed E-state index contributed by atoms with van der Waals surface area (Å²) in [5, 5.41) is 0. The highest BCUT2D eigenvalue weighted by Crippen LogP contribution is 2.27. The third-order valence-corrected chi connectivity index (χ3v) is 6.08. The molecule has 0 aromatic carbocycles. The van der Waals surface area contributed by atoms with Crippen LogP contribution < -0.4 is 0 Å². The van der Waals surface area contributed by atoms with E-state index in [1.54, 1.807) is 11.1 Å². The Labute approximate surface area is 165 Å². The molecule has 0 heteroatoms. The summed E-state index contributed by atoms with van der Waals surface area (Å²) in [6, 6.07) is 0. The fraction of sp³-hybridized carbons (Fsp3) is 0.769. The molecule has 0 radical (unpaired) electrons. The smallest absolute Gasteiger partial charge is 0.0233 e. The van der Waals surface area contributed by atoms with Crippen LogP contribution in [0.3, 0.4) is 0 Å². The monoisotopic (exact) mass is 358 g/mol. The molecular weight excluding hydrogens is 312 g/mol. The highest BCUT2D eigenvalue weighted by molar-refractivity contribution is 5.12. The SMILES string of the molecule is C/C=C\C(C)CCC/C(CCCC1C=CCCC1)=C(\C)CCCCCC. The van der Waals surface area contributed by atoms with Gasteiger partial charge in [-0.25, -0.2) is 0 Å². The third-order valence-electron chi connectivity index (χ3n) is 6.08. The van der Waals surface area contributed by atoms with E-state index in [9.17, 15) is 0 Å². The van der Waals surface area contributed by atoms with Gasteiger partial charge in [-0.1, -0.05) is 68.6 Å². The quantitative estimate of drug-likeness (QED) is 0.214. The number of hydrogen-bond donors (Lipinski definition) is 0. The molecule has 0 saturated carbocycles. The van der Waals surface area contributed by atoms with Gasteiger partial charge in [-0.05, 0) is 96.3 Å². The van der Waals surface area contributed by atoms with Crippen molar-refractivity contribution in [2.24, 2.45) is 11.8 Å². The van der Waals surface area contributed by atoms with E-state index in [0.717, 1.165) is 11.8 Å². The van der Waals surface area contributed by atoms with Crippen molar-refractivity contribution in [2.75, 3.05) is 0 Å². The van der Waals surface area contributed by atoms with Gasteiger partial charge in [0.25, 0.3) is 0 Å². The molecule has 1 aliphatic carbocycles. The van der Waals surface area contributed by atoms with E-state index in [1.165, 1.54) is 89.9 Å². The lowest BCUT2D eigenvalue weighted by molar-refractivity contribution is 0.484. The molecule has 0 aliphatic heterocycles. The lowest BCUT2D eigenvalue weighted by Gasteiger charge is -2.18. The molecule has 0 spiro atoms. The molecule has 0 amide bonds. The van der Waals surface area contributed by atoms with Crippen LogP contribution in [0, 0.1) is 11.8 Å². The predicted molar refractivity (Wildman–Crippen MR) is 120 cm³/mol. The van der Waals surface area contributed by atoms with Crippen LogP contribution in [0.2, 0.25) is 0 Å². The number of unbranched alkanes of at least 4 members (excludes halogenated alkanes) is 3. The van der Waals surface area contributed by atoms with Crippen LogP contribution in [-0.2, 0) is 0 Å². The Hall–Kier alpha value is -0.780. The molecule has 1 aliphatic rings. The van der Waals surface area contributed by atoms with Gasteiger partial charge in [0.2, 0.25) is 0 Å². The van der Waals surface area contributed by atoms with Crippen molar-refractivity contribution in [3.63, 3.8) is 0 Å². The Morgan fingerprint density at radius 2 is 1.88 bits per heavy atom. The Balaban J connectivity index is 2.46. The first-order chi connectivity index (χ1) is 12.7. The van der Waals surface area contributed by atoms with Crippen molar-refractivity contribution in [2.45, 2.75) is 118 Å². The Morgan fingerprint density at radius 1 is 1.08 bits per heavy atom. The van der Waals surface area contributed by atoms with Crippen molar-refractivity contribution >= 4 is 0 Å². The lowest BCUT2D eigenvalue weighted by atomic mass is 9.88. The summed E-state index contributed by atoms with van der Waals surface area (Å²) in [7, 11) is 0. The Bertz CT molecular complexity index is 423. The molecule has 0 saturated heterocycles. The zero-order valence-corrected chi connectivity index (χ0v) is 18.4. The summed E-state index contributed by atoms with van der Waals surface area (Å²) in [5.74, 6) is 1.60. The minimum atomic E-state index is 0.735. The molecule has 0 N–H and O–H groups in total. The molecule has 1 rings (SSSR count). The number of rotatable bonds is 14. The molecule has 0 fully saturated rings. The van der Waals surface area contributed by atoms with E-state index in [4.69, 9.17) is 0 Å². The average molecular weight is 359 g/mol. The first-order valence-corrected chi connectivity index (χ1v) is 11.6. The largest absolute Gasteiger partial charge is 0.0914 e. The van der Waals surface area contributed by atoms with Crippen molar-refractivity contribution in [3.8, 4) is 0 Å². The van der Waals surface area contributed by atoms with Gasteiger partial charge < -0.3 is 0 Å². The average Bonchev–Trinajstić information content (AvgIpc) is 2.65. The summed E-state index contributed by atoms with van der Waals surface area (Å²) in [6.45, 7) is 9.23. The fourth-order valence-corrected chi connectivity index (χ4v) is 4.31. The maximum atomic E-state index is 2.49. The molecule has 2 atom stereocenters. The molecule has 0 bridgehead atoms. The van der Waals surface area contributed by atoms with E-state index in [0.29, 0.717) is 0 Å². The van der Waals surface area contributed by atoms with Crippen LogP contribution in [0.4, 0.5) is 0 Å². The van der Waals surface area contributed by atoms with Gasteiger partial charge >= 0.3 is 0 Å². The normalized spacial score (nSPS) is 19.8. The highest BCUT2D eigenvalue weighted by atomic mass is 14.2. The second-order valence-electron chi connectivity index (χ2n) is 8.60.